The number of hydroxylamine groups is 1. The molecule has 1 heterocycles. The van der Waals surface area contributed by atoms with Crippen LogP contribution < -0.4 is 5.06 Å². The summed E-state index contributed by atoms with van der Waals surface area (Å²) in [5, 5.41) is 2.01. The van der Waals surface area contributed by atoms with Gasteiger partial charge in [-0.3, -0.25) is 4.84 Å². The van der Waals surface area contributed by atoms with Gasteiger partial charge in [-0.25, -0.2) is 5.06 Å². The SMILES string of the molecule is CC1ON(C(C)(C)C)c2ccccc21. The second-order valence-corrected chi connectivity index (χ2v) is 4.77. The predicted octanol–water partition coefficient (Wildman–Crippen LogP) is 3.30. The summed E-state index contributed by atoms with van der Waals surface area (Å²) in [5.74, 6) is 0. The van der Waals surface area contributed by atoms with Crippen molar-refractivity contribution in [2.45, 2.75) is 39.3 Å². The molecule has 1 aromatic rings. The van der Waals surface area contributed by atoms with E-state index in [1.165, 1.54) is 11.3 Å². The van der Waals surface area contributed by atoms with Crippen LogP contribution in [0.2, 0.25) is 0 Å². The van der Waals surface area contributed by atoms with E-state index in [2.05, 4.69) is 52.0 Å². The van der Waals surface area contributed by atoms with E-state index in [4.69, 9.17) is 4.84 Å². The van der Waals surface area contributed by atoms with E-state index in [0.29, 0.717) is 0 Å². The smallest absolute Gasteiger partial charge is 0.110 e. The van der Waals surface area contributed by atoms with Gasteiger partial charge >= 0.3 is 0 Å². The molecule has 2 heteroatoms. The van der Waals surface area contributed by atoms with Crippen molar-refractivity contribution >= 4 is 5.69 Å². The van der Waals surface area contributed by atoms with Crippen LogP contribution in [0.15, 0.2) is 24.3 Å². The quantitative estimate of drug-likeness (QED) is 0.624. The summed E-state index contributed by atoms with van der Waals surface area (Å²) in [4.78, 5) is 5.83. The Balaban J connectivity index is 2.44. The number of hydrogen-bond donors (Lipinski definition) is 0. The van der Waals surface area contributed by atoms with Crippen LogP contribution in [0.5, 0.6) is 0 Å². The summed E-state index contributed by atoms with van der Waals surface area (Å²) < 4.78 is 0. The average molecular weight is 191 g/mol. The topological polar surface area (TPSA) is 12.5 Å². The van der Waals surface area contributed by atoms with Crippen LogP contribution in [0, 0.1) is 0 Å². The highest BCUT2D eigenvalue weighted by Crippen LogP contribution is 2.40. The maximum atomic E-state index is 5.83. The van der Waals surface area contributed by atoms with Crippen LogP contribution in [0.25, 0.3) is 0 Å². The summed E-state index contributed by atoms with van der Waals surface area (Å²) in [7, 11) is 0. The number of hydrogen-bond acceptors (Lipinski definition) is 2. The van der Waals surface area contributed by atoms with E-state index < -0.39 is 0 Å². The van der Waals surface area contributed by atoms with Crippen LogP contribution >= 0.6 is 0 Å². The lowest BCUT2D eigenvalue weighted by atomic mass is 10.1. The van der Waals surface area contributed by atoms with Gasteiger partial charge in [-0.15, -0.1) is 0 Å². The summed E-state index contributed by atoms with van der Waals surface area (Å²) in [6.07, 6.45) is 0.172. The number of para-hydroxylation sites is 1. The summed E-state index contributed by atoms with van der Waals surface area (Å²) in [5.41, 5.74) is 2.50. The van der Waals surface area contributed by atoms with Crippen molar-refractivity contribution in [1.82, 2.24) is 0 Å². The molecule has 1 aliphatic heterocycles. The van der Waals surface area contributed by atoms with E-state index in [1.807, 2.05) is 5.06 Å². The maximum Gasteiger partial charge on any atom is 0.110 e. The zero-order chi connectivity index (χ0) is 10.3. The van der Waals surface area contributed by atoms with Crippen LogP contribution in [-0.2, 0) is 4.84 Å². The van der Waals surface area contributed by atoms with Gasteiger partial charge in [-0.2, -0.15) is 0 Å². The monoisotopic (exact) mass is 191 g/mol. The second kappa shape index (κ2) is 2.99. The minimum Gasteiger partial charge on any atom is -0.265 e. The standard InChI is InChI=1S/C12H17NO/c1-9-10-7-5-6-8-11(10)13(14-9)12(2,3)4/h5-9H,1-4H3. The first-order valence-electron chi connectivity index (χ1n) is 5.06. The molecular weight excluding hydrogens is 174 g/mol. The van der Waals surface area contributed by atoms with Crippen LogP contribution in [-0.4, -0.2) is 5.54 Å². The van der Waals surface area contributed by atoms with E-state index in [-0.39, 0.29) is 11.6 Å². The van der Waals surface area contributed by atoms with Gasteiger partial charge in [0.1, 0.15) is 6.10 Å². The summed E-state index contributed by atoms with van der Waals surface area (Å²) >= 11 is 0. The Morgan fingerprint density at radius 3 is 2.50 bits per heavy atom. The van der Waals surface area contributed by atoms with Gasteiger partial charge < -0.3 is 0 Å². The van der Waals surface area contributed by atoms with Gasteiger partial charge in [0.05, 0.1) is 11.2 Å². The number of anilines is 1. The van der Waals surface area contributed by atoms with E-state index in [1.54, 1.807) is 0 Å². The van der Waals surface area contributed by atoms with Gasteiger partial charge in [-0.05, 0) is 33.8 Å². The molecule has 0 N–H and O–H groups in total. The van der Waals surface area contributed by atoms with E-state index >= 15 is 0 Å². The largest absolute Gasteiger partial charge is 0.265 e. The third-order valence-electron chi connectivity index (χ3n) is 2.47. The zero-order valence-corrected chi connectivity index (χ0v) is 9.24. The molecule has 76 valence electrons. The van der Waals surface area contributed by atoms with Crippen molar-refractivity contribution in [1.29, 1.82) is 0 Å². The Morgan fingerprint density at radius 1 is 1.21 bits per heavy atom. The third-order valence-corrected chi connectivity index (χ3v) is 2.47. The first kappa shape index (κ1) is 9.53. The Morgan fingerprint density at radius 2 is 1.86 bits per heavy atom. The number of rotatable bonds is 0. The molecule has 0 saturated heterocycles. The first-order valence-corrected chi connectivity index (χ1v) is 5.06. The van der Waals surface area contributed by atoms with Crippen molar-refractivity contribution in [3.05, 3.63) is 29.8 Å². The molecule has 2 nitrogen and oxygen atoms in total. The molecule has 1 aromatic carbocycles. The van der Waals surface area contributed by atoms with Crippen molar-refractivity contribution in [2.75, 3.05) is 5.06 Å². The number of nitrogens with zero attached hydrogens (tertiary/aromatic N) is 1. The Labute approximate surface area is 85.4 Å². The molecule has 0 fully saturated rings. The lowest BCUT2D eigenvalue weighted by Gasteiger charge is -2.32. The van der Waals surface area contributed by atoms with E-state index in [9.17, 15) is 0 Å². The second-order valence-electron chi connectivity index (χ2n) is 4.77. The molecule has 14 heavy (non-hydrogen) atoms. The summed E-state index contributed by atoms with van der Waals surface area (Å²) in [6, 6.07) is 8.36. The fourth-order valence-electron chi connectivity index (χ4n) is 1.81. The minimum absolute atomic E-state index is 0.0147. The predicted molar refractivity (Wildman–Crippen MR) is 58.2 cm³/mol. The minimum atomic E-state index is 0.0147. The summed E-state index contributed by atoms with van der Waals surface area (Å²) in [6.45, 7) is 8.55. The van der Waals surface area contributed by atoms with Crippen molar-refractivity contribution < 1.29 is 4.84 Å². The molecule has 1 aliphatic rings. The molecular formula is C12H17NO. The fourth-order valence-corrected chi connectivity index (χ4v) is 1.81. The third kappa shape index (κ3) is 1.40. The maximum absolute atomic E-state index is 5.83. The highest BCUT2D eigenvalue weighted by molar-refractivity contribution is 5.56. The van der Waals surface area contributed by atoms with E-state index in [0.717, 1.165) is 0 Å². The highest BCUT2D eigenvalue weighted by Gasteiger charge is 2.33. The fraction of sp³-hybridized carbons (Fsp3) is 0.500. The van der Waals surface area contributed by atoms with Gasteiger partial charge in [0.15, 0.2) is 0 Å². The molecule has 0 spiro atoms. The van der Waals surface area contributed by atoms with Crippen molar-refractivity contribution in [3.8, 4) is 0 Å². The molecule has 0 amide bonds. The van der Waals surface area contributed by atoms with Crippen LogP contribution in [0.3, 0.4) is 0 Å². The lowest BCUT2D eigenvalue weighted by molar-refractivity contribution is 0.0326. The Kier molecular flexibility index (Phi) is 2.04. The average Bonchev–Trinajstić information content (AvgIpc) is 2.44. The van der Waals surface area contributed by atoms with Crippen LogP contribution in [0.4, 0.5) is 5.69 Å². The normalized spacial score (nSPS) is 21.1. The Hall–Kier alpha value is -1.02. The van der Waals surface area contributed by atoms with Gasteiger partial charge in [-0.1, -0.05) is 18.2 Å². The molecule has 0 aliphatic carbocycles. The van der Waals surface area contributed by atoms with Crippen LogP contribution in [0.1, 0.15) is 39.4 Å². The van der Waals surface area contributed by atoms with Crippen molar-refractivity contribution in [2.24, 2.45) is 0 Å². The molecule has 2 rings (SSSR count). The molecule has 0 bridgehead atoms. The zero-order valence-electron chi connectivity index (χ0n) is 9.24. The first-order chi connectivity index (χ1) is 6.50. The van der Waals surface area contributed by atoms with Gasteiger partial charge in [0.2, 0.25) is 0 Å². The lowest BCUT2D eigenvalue weighted by Crippen LogP contribution is -2.39. The molecule has 0 saturated carbocycles. The number of benzene rings is 1. The van der Waals surface area contributed by atoms with Gasteiger partial charge in [0.25, 0.3) is 0 Å². The van der Waals surface area contributed by atoms with Gasteiger partial charge in [0, 0.05) is 5.56 Å². The highest BCUT2D eigenvalue weighted by atomic mass is 16.7. The van der Waals surface area contributed by atoms with Crippen molar-refractivity contribution in [3.63, 3.8) is 0 Å². The molecule has 0 aromatic heterocycles. The molecule has 1 atom stereocenters. The molecule has 0 radical (unpaired) electrons. The number of fused-ring (bicyclic) bond motifs is 1. The molecule has 1 unspecified atom stereocenters. The Bertz CT molecular complexity index is 340.